The van der Waals surface area contributed by atoms with Gasteiger partial charge in [0.15, 0.2) is 5.96 Å². The van der Waals surface area contributed by atoms with E-state index in [-0.39, 0.29) is 30.8 Å². The molecule has 0 amide bonds. The minimum Gasteiger partial charge on any atom is -0.370 e. The van der Waals surface area contributed by atoms with E-state index in [1.54, 1.807) is 0 Å². The molecule has 0 fully saturated rings. The van der Waals surface area contributed by atoms with Crippen molar-refractivity contribution in [2.24, 2.45) is 16.5 Å². The highest BCUT2D eigenvalue weighted by molar-refractivity contribution is 6.30. The van der Waals surface area contributed by atoms with Gasteiger partial charge in [-0.2, -0.15) is 0 Å². The Morgan fingerprint density at radius 1 is 0.778 bits per heavy atom. The molecular formula is C19H26Cl4N4. The van der Waals surface area contributed by atoms with Crippen molar-refractivity contribution in [3.8, 4) is 0 Å². The van der Waals surface area contributed by atoms with Gasteiger partial charge in [0.1, 0.15) is 0 Å². The van der Waals surface area contributed by atoms with Crippen molar-refractivity contribution in [1.29, 1.82) is 0 Å². The summed E-state index contributed by atoms with van der Waals surface area (Å²) in [6.07, 6.45) is 1.98. The quantitative estimate of drug-likeness (QED) is 0.324. The number of rotatable bonds is 9. The predicted octanol–water partition coefficient (Wildman–Crippen LogP) is 4.89. The third-order valence-electron chi connectivity index (χ3n) is 3.82. The van der Waals surface area contributed by atoms with Crippen LogP contribution >= 0.6 is 48.0 Å². The second-order valence-corrected chi connectivity index (χ2v) is 6.85. The molecule has 0 radical (unpaired) electrons. The minimum atomic E-state index is 0. The van der Waals surface area contributed by atoms with Gasteiger partial charge >= 0.3 is 0 Å². The summed E-state index contributed by atoms with van der Waals surface area (Å²) >= 11 is 12.0. The first-order chi connectivity index (χ1) is 12.0. The molecule has 4 nitrogen and oxygen atoms in total. The number of guanidine groups is 1. The van der Waals surface area contributed by atoms with Crippen molar-refractivity contribution in [1.82, 2.24) is 4.90 Å². The zero-order valence-electron chi connectivity index (χ0n) is 15.0. The van der Waals surface area contributed by atoms with Crippen LogP contribution in [0.4, 0.5) is 0 Å². The summed E-state index contributed by atoms with van der Waals surface area (Å²) in [5.74, 6) is 0.152. The van der Waals surface area contributed by atoms with Gasteiger partial charge in [0.25, 0.3) is 0 Å². The average molecular weight is 452 g/mol. The molecule has 0 aliphatic carbocycles. The lowest BCUT2D eigenvalue weighted by Gasteiger charge is -2.22. The molecule has 0 spiro atoms. The molecule has 0 aliphatic rings. The van der Waals surface area contributed by atoms with Gasteiger partial charge < -0.3 is 11.5 Å². The number of nitrogens with zero attached hydrogens (tertiary/aromatic N) is 2. The molecule has 0 saturated carbocycles. The van der Waals surface area contributed by atoms with Crippen LogP contribution in [0.5, 0.6) is 0 Å². The van der Waals surface area contributed by atoms with Gasteiger partial charge in [0.2, 0.25) is 0 Å². The summed E-state index contributed by atoms with van der Waals surface area (Å²) in [4.78, 5) is 6.44. The Hall–Kier alpha value is -1.17. The van der Waals surface area contributed by atoms with Crippen molar-refractivity contribution in [2.75, 3.05) is 13.1 Å². The number of nitrogens with two attached hydrogens (primary N) is 2. The third kappa shape index (κ3) is 10.7. The number of benzene rings is 2. The van der Waals surface area contributed by atoms with Crippen LogP contribution in [0.25, 0.3) is 0 Å². The number of aliphatic imine (C=N–C) groups is 1. The van der Waals surface area contributed by atoms with Gasteiger partial charge in [-0.15, -0.1) is 24.8 Å². The van der Waals surface area contributed by atoms with E-state index in [0.29, 0.717) is 6.54 Å². The number of halogens is 4. The first-order valence-electron chi connectivity index (χ1n) is 8.29. The highest BCUT2D eigenvalue weighted by Crippen LogP contribution is 2.16. The molecule has 150 valence electrons. The van der Waals surface area contributed by atoms with Crippen molar-refractivity contribution in [3.63, 3.8) is 0 Å². The van der Waals surface area contributed by atoms with E-state index >= 15 is 0 Å². The fraction of sp³-hybridized carbons (Fsp3) is 0.316. The fourth-order valence-electron chi connectivity index (χ4n) is 2.57. The van der Waals surface area contributed by atoms with E-state index in [2.05, 4.69) is 34.2 Å². The third-order valence-corrected chi connectivity index (χ3v) is 4.32. The fourth-order valence-corrected chi connectivity index (χ4v) is 2.82. The molecule has 27 heavy (non-hydrogen) atoms. The summed E-state index contributed by atoms with van der Waals surface area (Å²) in [6, 6.07) is 16.0. The van der Waals surface area contributed by atoms with E-state index in [1.807, 2.05) is 24.3 Å². The zero-order valence-corrected chi connectivity index (χ0v) is 18.1. The second kappa shape index (κ2) is 13.9. The summed E-state index contributed by atoms with van der Waals surface area (Å²) in [5.41, 5.74) is 13.2. The molecule has 2 aromatic rings. The Balaban J connectivity index is 0.00000338. The zero-order chi connectivity index (χ0) is 18.1. The molecule has 8 heteroatoms. The Morgan fingerprint density at radius 3 is 1.63 bits per heavy atom. The van der Waals surface area contributed by atoms with Crippen LogP contribution in [0.15, 0.2) is 53.5 Å². The molecule has 0 unspecified atom stereocenters. The maximum absolute atomic E-state index is 5.98. The Labute approximate surface area is 183 Å². The SMILES string of the molecule is Cl.Cl.NC(N)=NCCCCN(Cc1ccc(Cl)cc1)Cc1ccc(Cl)cc1. The van der Waals surface area contributed by atoms with Crippen molar-refractivity contribution in [3.05, 3.63) is 69.7 Å². The molecule has 0 bridgehead atoms. The minimum absolute atomic E-state index is 0. The molecule has 0 atom stereocenters. The molecular weight excluding hydrogens is 426 g/mol. The molecule has 2 rings (SSSR count). The van der Waals surface area contributed by atoms with E-state index in [4.69, 9.17) is 34.7 Å². The monoisotopic (exact) mass is 450 g/mol. The number of unbranched alkanes of at least 4 members (excludes halogenated alkanes) is 1. The first-order valence-corrected chi connectivity index (χ1v) is 9.05. The summed E-state index contributed by atoms with van der Waals surface area (Å²) in [7, 11) is 0. The molecule has 0 aliphatic heterocycles. The van der Waals surface area contributed by atoms with Gasteiger partial charge in [0.05, 0.1) is 0 Å². The summed E-state index contributed by atoms with van der Waals surface area (Å²) < 4.78 is 0. The average Bonchev–Trinajstić information content (AvgIpc) is 2.58. The standard InChI is InChI=1S/C19H24Cl2N4.2ClH/c20-17-7-3-15(4-8-17)13-25(12-2-1-11-24-19(22)23)14-16-5-9-18(21)10-6-16;;/h3-10H,1-2,11-14H2,(H4,22,23,24);2*1H. The van der Waals surface area contributed by atoms with Crippen LogP contribution in [-0.4, -0.2) is 23.9 Å². The van der Waals surface area contributed by atoms with E-state index in [9.17, 15) is 0 Å². The highest BCUT2D eigenvalue weighted by atomic mass is 35.5. The second-order valence-electron chi connectivity index (χ2n) is 5.98. The molecule has 0 saturated heterocycles. The smallest absolute Gasteiger partial charge is 0.185 e. The van der Waals surface area contributed by atoms with Gasteiger partial charge in [-0.25, -0.2) is 0 Å². The van der Waals surface area contributed by atoms with Gasteiger partial charge in [-0.1, -0.05) is 47.5 Å². The van der Waals surface area contributed by atoms with Crippen molar-refractivity contribution in [2.45, 2.75) is 25.9 Å². The summed E-state index contributed by atoms with van der Waals surface area (Å²) in [6.45, 7) is 3.35. The van der Waals surface area contributed by atoms with Crippen LogP contribution < -0.4 is 11.5 Å². The van der Waals surface area contributed by atoms with E-state index in [0.717, 1.165) is 42.5 Å². The van der Waals surface area contributed by atoms with Crippen LogP contribution in [0.3, 0.4) is 0 Å². The van der Waals surface area contributed by atoms with Gasteiger partial charge in [0, 0.05) is 29.7 Å². The maximum atomic E-state index is 5.98. The molecule has 0 heterocycles. The van der Waals surface area contributed by atoms with Crippen molar-refractivity contribution >= 4 is 54.0 Å². The molecule has 0 aromatic heterocycles. The normalized spacial score (nSPS) is 10.0. The van der Waals surface area contributed by atoms with Crippen LogP contribution in [0, 0.1) is 0 Å². The lowest BCUT2D eigenvalue weighted by molar-refractivity contribution is 0.252. The largest absolute Gasteiger partial charge is 0.370 e. The molecule has 2 aromatic carbocycles. The van der Waals surface area contributed by atoms with Crippen LogP contribution in [0.2, 0.25) is 10.0 Å². The Morgan fingerprint density at radius 2 is 1.22 bits per heavy atom. The Bertz CT molecular complexity index is 624. The lowest BCUT2D eigenvalue weighted by Crippen LogP contribution is -2.25. The Kier molecular flexibility index (Phi) is 13.3. The maximum Gasteiger partial charge on any atom is 0.185 e. The molecule has 4 N–H and O–H groups in total. The topological polar surface area (TPSA) is 67.6 Å². The number of hydrogen-bond donors (Lipinski definition) is 2. The van der Waals surface area contributed by atoms with Gasteiger partial charge in [-0.3, -0.25) is 9.89 Å². The van der Waals surface area contributed by atoms with E-state index in [1.165, 1.54) is 11.1 Å². The van der Waals surface area contributed by atoms with Gasteiger partial charge in [-0.05, 0) is 54.8 Å². The van der Waals surface area contributed by atoms with Crippen molar-refractivity contribution < 1.29 is 0 Å². The first kappa shape index (κ1) is 25.8. The predicted molar refractivity (Wildman–Crippen MR) is 121 cm³/mol. The highest BCUT2D eigenvalue weighted by Gasteiger charge is 2.07. The number of hydrogen-bond acceptors (Lipinski definition) is 2. The van der Waals surface area contributed by atoms with Crippen LogP contribution in [0.1, 0.15) is 24.0 Å². The van der Waals surface area contributed by atoms with E-state index < -0.39 is 0 Å². The summed E-state index contributed by atoms with van der Waals surface area (Å²) in [5, 5.41) is 1.51. The van der Waals surface area contributed by atoms with Crippen LogP contribution in [-0.2, 0) is 13.1 Å². The lowest BCUT2D eigenvalue weighted by atomic mass is 10.1.